The Kier molecular flexibility index (Phi) is 2.07. The molecule has 0 saturated carbocycles. The third-order valence-corrected chi connectivity index (χ3v) is 2.29. The van der Waals surface area contributed by atoms with Crippen molar-refractivity contribution in [3.63, 3.8) is 0 Å². The first-order valence-corrected chi connectivity index (χ1v) is 4.46. The van der Waals surface area contributed by atoms with Crippen molar-refractivity contribution in [3.8, 4) is 5.75 Å². The normalized spacial score (nSPS) is 10.2. The van der Waals surface area contributed by atoms with Gasteiger partial charge < -0.3 is 4.74 Å². The Bertz CT molecular complexity index is 437. The maximum atomic E-state index is 5.24. The molecule has 0 spiro atoms. The van der Waals surface area contributed by atoms with Crippen molar-refractivity contribution in [2.75, 3.05) is 7.11 Å². The van der Waals surface area contributed by atoms with Gasteiger partial charge in [-0.2, -0.15) is 0 Å². The summed E-state index contributed by atoms with van der Waals surface area (Å²) in [6.45, 7) is 0. The second-order valence-electron chi connectivity index (χ2n) is 2.84. The van der Waals surface area contributed by atoms with E-state index in [0.29, 0.717) is 0 Å². The molecule has 2 heteroatoms. The summed E-state index contributed by atoms with van der Waals surface area (Å²) in [4.78, 5) is 0.844. The maximum Gasteiger partial charge on any atom is 0.126 e. The van der Waals surface area contributed by atoms with E-state index in [-0.39, 0.29) is 0 Å². The van der Waals surface area contributed by atoms with Crippen molar-refractivity contribution in [1.29, 1.82) is 0 Å². The van der Waals surface area contributed by atoms with Gasteiger partial charge in [0.05, 0.1) is 7.11 Å². The SMILES string of the molecule is COc1cccc2ccc([S])cc12. The Balaban J connectivity index is 2.79. The molecule has 1 radical (unpaired) electrons. The van der Waals surface area contributed by atoms with Crippen LogP contribution in [0.25, 0.3) is 10.8 Å². The third-order valence-electron chi connectivity index (χ3n) is 2.03. The minimum Gasteiger partial charge on any atom is -0.496 e. The van der Waals surface area contributed by atoms with Crippen LogP contribution in [0.3, 0.4) is 0 Å². The summed E-state index contributed by atoms with van der Waals surface area (Å²) >= 11 is 5.09. The zero-order chi connectivity index (χ0) is 9.26. The monoisotopic (exact) mass is 189 g/mol. The van der Waals surface area contributed by atoms with Crippen LogP contribution < -0.4 is 4.74 Å². The van der Waals surface area contributed by atoms with Gasteiger partial charge in [-0.3, -0.25) is 0 Å². The second-order valence-corrected chi connectivity index (χ2v) is 3.31. The van der Waals surface area contributed by atoms with Gasteiger partial charge in [0.1, 0.15) is 5.75 Å². The van der Waals surface area contributed by atoms with Gasteiger partial charge in [0.25, 0.3) is 0 Å². The van der Waals surface area contributed by atoms with Gasteiger partial charge in [0.15, 0.2) is 0 Å². The van der Waals surface area contributed by atoms with E-state index in [0.717, 1.165) is 21.4 Å². The van der Waals surface area contributed by atoms with Crippen molar-refractivity contribution < 1.29 is 4.74 Å². The van der Waals surface area contributed by atoms with Crippen LogP contribution in [0, 0.1) is 0 Å². The summed E-state index contributed by atoms with van der Waals surface area (Å²) in [6.07, 6.45) is 0. The summed E-state index contributed by atoms with van der Waals surface area (Å²) in [5, 5.41) is 2.24. The number of rotatable bonds is 1. The molecule has 2 rings (SSSR count). The van der Waals surface area contributed by atoms with Gasteiger partial charge in [0, 0.05) is 10.3 Å². The predicted molar refractivity (Wildman–Crippen MR) is 56.4 cm³/mol. The van der Waals surface area contributed by atoms with E-state index in [2.05, 4.69) is 0 Å². The zero-order valence-electron chi connectivity index (χ0n) is 7.28. The molecule has 1 nitrogen and oxygen atoms in total. The smallest absolute Gasteiger partial charge is 0.126 e. The Morgan fingerprint density at radius 1 is 1.15 bits per heavy atom. The van der Waals surface area contributed by atoms with Gasteiger partial charge in [0.2, 0.25) is 0 Å². The molecule has 2 aromatic carbocycles. The van der Waals surface area contributed by atoms with Crippen LogP contribution in [0.15, 0.2) is 41.3 Å². The summed E-state index contributed by atoms with van der Waals surface area (Å²) in [7, 11) is 1.67. The number of hydrogen-bond donors (Lipinski definition) is 0. The predicted octanol–water partition coefficient (Wildman–Crippen LogP) is 3.40. The lowest BCUT2D eigenvalue weighted by atomic mass is 10.1. The van der Waals surface area contributed by atoms with Crippen molar-refractivity contribution in [2.45, 2.75) is 4.90 Å². The Hall–Kier alpha value is -1.28. The minimum atomic E-state index is 0.844. The molecule has 0 heterocycles. The van der Waals surface area contributed by atoms with Gasteiger partial charge >= 0.3 is 0 Å². The minimum absolute atomic E-state index is 0.844. The number of fused-ring (bicyclic) bond motifs is 1. The summed E-state index contributed by atoms with van der Waals surface area (Å²) in [5.74, 6) is 0.879. The highest BCUT2D eigenvalue weighted by atomic mass is 32.1. The molecule has 0 fully saturated rings. The third kappa shape index (κ3) is 1.45. The van der Waals surface area contributed by atoms with Crippen molar-refractivity contribution >= 4 is 23.4 Å². The van der Waals surface area contributed by atoms with E-state index < -0.39 is 0 Å². The standard InChI is InChI=1S/C11H9OS/c1-12-11-4-2-3-8-5-6-9(13)7-10(8)11/h2-7H,1H3. The lowest BCUT2D eigenvalue weighted by Crippen LogP contribution is -1.84. The van der Waals surface area contributed by atoms with Crippen molar-refractivity contribution in [1.82, 2.24) is 0 Å². The number of ether oxygens (including phenoxy) is 1. The lowest BCUT2D eigenvalue weighted by Gasteiger charge is -2.04. The molecule has 2 aromatic rings. The molecular weight excluding hydrogens is 180 g/mol. The van der Waals surface area contributed by atoms with Crippen LogP contribution >= 0.6 is 12.6 Å². The van der Waals surface area contributed by atoms with E-state index in [1.165, 1.54) is 0 Å². The molecule has 0 aliphatic rings. The van der Waals surface area contributed by atoms with E-state index >= 15 is 0 Å². The van der Waals surface area contributed by atoms with Crippen LogP contribution in [0.5, 0.6) is 5.75 Å². The van der Waals surface area contributed by atoms with Crippen LogP contribution in [0.2, 0.25) is 0 Å². The fourth-order valence-corrected chi connectivity index (χ4v) is 1.59. The van der Waals surface area contributed by atoms with Gasteiger partial charge in [-0.25, -0.2) is 0 Å². The molecule has 0 saturated heterocycles. The molecular formula is C11H9OS. The highest BCUT2D eigenvalue weighted by molar-refractivity contribution is 7.80. The molecule has 0 N–H and O–H groups in total. The van der Waals surface area contributed by atoms with Crippen molar-refractivity contribution in [2.24, 2.45) is 0 Å². The lowest BCUT2D eigenvalue weighted by molar-refractivity contribution is 0.420. The first-order chi connectivity index (χ1) is 6.31. The van der Waals surface area contributed by atoms with E-state index in [1.807, 2.05) is 36.4 Å². The number of benzene rings is 2. The van der Waals surface area contributed by atoms with Gasteiger partial charge in [-0.15, -0.1) is 0 Å². The maximum absolute atomic E-state index is 5.24. The fourth-order valence-electron chi connectivity index (χ4n) is 1.40. The first-order valence-electron chi connectivity index (χ1n) is 4.05. The fraction of sp³-hybridized carbons (Fsp3) is 0.0909. The summed E-state index contributed by atoms with van der Waals surface area (Å²) in [5.41, 5.74) is 0. The van der Waals surface area contributed by atoms with Crippen LogP contribution in [0.1, 0.15) is 0 Å². The molecule has 65 valence electrons. The summed E-state index contributed by atoms with van der Waals surface area (Å²) in [6, 6.07) is 11.9. The Morgan fingerprint density at radius 3 is 2.77 bits per heavy atom. The van der Waals surface area contributed by atoms with Gasteiger partial charge in [-0.05, 0) is 23.6 Å². The average molecular weight is 189 g/mol. The second kappa shape index (κ2) is 3.23. The highest BCUT2D eigenvalue weighted by Crippen LogP contribution is 2.26. The average Bonchev–Trinajstić information content (AvgIpc) is 2.17. The van der Waals surface area contributed by atoms with E-state index in [1.54, 1.807) is 7.11 Å². The Morgan fingerprint density at radius 2 is 2.00 bits per heavy atom. The molecule has 0 atom stereocenters. The molecule has 0 bridgehead atoms. The summed E-state index contributed by atoms with van der Waals surface area (Å²) < 4.78 is 5.24. The van der Waals surface area contributed by atoms with E-state index in [9.17, 15) is 0 Å². The largest absolute Gasteiger partial charge is 0.496 e. The number of hydrogen-bond acceptors (Lipinski definition) is 1. The number of methoxy groups -OCH3 is 1. The van der Waals surface area contributed by atoms with Gasteiger partial charge in [-0.1, -0.05) is 30.8 Å². The molecule has 0 aliphatic heterocycles. The van der Waals surface area contributed by atoms with Crippen molar-refractivity contribution in [3.05, 3.63) is 36.4 Å². The molecule has 0 aliphatic carbocycles. The van der Waals surface area contributed by atoms with Crippen LogP contribution in [-0.4, -0.2) is 7.11 Å². The molecule has 13 heavy (non-hydrogen) atoms. The Labute approximate surface area is 82.7 Å². The van der Waals surface area contributed by atoms with Crippen LogP contribution in [0.4, 0.5) is 0 Å². The zero-order valence-corrected chi connectivity index (χ0v) is 8.10. The quantitative estimate of drug-likeness (QED) is 0.668. The van der Waals surface area contributed by atoms with E-state index in [4.69, 9.17) is 17.4 Å². The molecule has 0 unspecified atom stereocenters. The molecule has 0 amide bonds. The topological polar surface area (TPSA) is 9.23 Å². The molecule has 0 aromatic heterocycles. The first kappa shape index (κ1) is 8.32. The highest BCUT2D eigenvalue weighted by Gasteiger charge is 2.00. The van der Waals surface area contributed by atoms with Crippen LogP contribution in [-0.2, 0) is 0 Å².